The highest BCUT2D eigenvalue weighted by Crippen LogP contribution is 2.56. The van der Waals surface area contributed by atoms with Gasteiger partial charge in [-0.15, -0.1) is 0 Å². The van der Waals surface area contributed by atoms with Crippen LogP contribution in [0, 0.1) is 16.7 Å². The third-order valence-electron chi connectivity index (χ3n) is 3.22. The summed E-state index contributed by atoms with van der Waals surface area (Å²) in [6, 6.07) is 7.81. The number of rotatable bonds is 1. The molecule has 1 saturated carbocycles. The van der Waals surface area contributed by atoms with E-state index in [1.54, 1.807) is 12.1 Å². The average molecular weight is 254 g/mol. The lowest BCUT2D eigenvalue weighted by Gasteiger charge is -2.49. The monoisotopic (exact) mass is 253 g/mol. The van der Waals surface area contributed by atoms with Crippen molar-refractivity contribution in [1.82, 2.24) is 0 Å². The molecule has 0 bridgehead atoms. The van der Waals surface area contributed by atoms with Crippen LogP contribution in [0.3, 0.4) is 0 Å². The van der Waals surface area contributed by atoms with Crippen LogP contribution in [-0.4, -0.2) is 0 Å². The molecule has 0 atom stereocenters. The predicted molar refractivity (Wildman–Crippen MR) is 66.8 cm³/mol. The SMILES string of the molecule is CC1(C)CC(C#N)(c2ccc(Cl)cc2Cl)C1. The summed E-state index contributed by atoms with van der Waals surface area (Å²) >= 11 is 12.0. The maximum absolute atomic E-state index is 9.37. The minimum atomic E-state index is -0.412. The highest BCUT2D eigenvalue weighted by atomic mass is 35.5. The smallest absolute Gasteiger partial charge is 0.0846 e. The molecule has 1 fully saturated rings. The van der Waals surface area contributed by atoms with Crippen molar-refractivity contribution in [3.8, 4) is 6.07 Å². The van der Waals surface area contributed by atoms with Crippen LogP contribution in [0.2, 0.25) is 10.0 Å². The first-order valence-electron chi connectivity index (χ1n) is 5.25. The minimum absolute atomic E-state index is 0.235. The molecule has 16 heavy (non-hydrogen) atoms. The Kier molecular flexibility index (Phi) is 2.69. The van der Waals surface area contributed by atoms with E-state index in [0.717, 1.165) is 18.4 Å². The summed E-state index contributed by atoms with van der Waals surface area (Å²) < 4.78 is 0. The van der Waals surface area contributed by atoms with Gasteiger partial charge in [-0.1, -0.05) is 43.1 Å². The zero-order valence-electron chi connectivity index (χ0n) is 9.35. The highest BCUT2D eigenvalue weighted by Gasteiger charge is 2.51. The molecule has 0 unspecified atom stereocenters. The molecule has 1 aliphatic rings. The van der Waals surface area contributed by atoms with Crippen molar-refractivity contribution in [1.29, 1.82) is 5.26 Å². The molecule has 0 saturated heterocycles. The highest BCUT2D eigenvalue weighted by molar-refractivity contribution is 6.35. The third-order valence-corrected chi connectivity index (χ3v) is 3.77. The lowest BCUT2D eigenvalue weighted by Crippen LogP contribution is -2.45. The minimum Gasteiger partial charge on any atom is -0.197 e. The van der Waals surface area contributed by atoms with Crippen molar-refractivity contribution in [2.75, 3.05) is 0 Å². The van der Waals surface area contributed by atoms with Gasteiger partial charge >= 0.3 is 0 Å². The summed E-state index contributed by atoms with van der Waals surface area (Å²) in [4.78, 5) is 0. The van der Waals surface area contributed by atoms with Crippen LogP contribution < -0.4 is 0 Å². The number of nitrogens with zero attached hydrogens (tertiary/aromatic N) is 1. The molecule has 2 rings (SSSR count). The molecular weight excluding hydrogens is 241 g/mol. The maximum Gasteiger partial charge on any atom is 0.0846 e. The van der Waals surface area contributed by atoms with Crippen LogP contribution in [0.5, 0.6) is 0 Å². The summed E-state index contributed by atoms with van der Waals surface area (Å²) in [6.07, 6.45) is 1.72. The Morgan fingerprint density at radius 1 is 1.25 bits per heavy atom. The molecular formula is C13H13Cl2N. The van der Waals surface area contributed by atoms with E-state index in [9.17, 15) is 5.26 Å². The summed E-state index contributed by atoms with van der Waals surface area (Å²) in [6.45, 7) is 4.35. The van der Waals surface area contributed by atoms with Gasteiger partial charge in [-0.25, -0.2) is 0 Å². The van der Waals surface area contributed by atoms with Gasteiger partial charge in [-0.3, -0.25) is 0 Å². The van der Waals surface area contributed by atoms with Crippen LogP contribution >= 0.6 is 23.2 Å². The van der Waals surface area contributed by atoms with E-state index in [1.165, 1.54) is 0 Å². The van der Waals surface area contributed by atoms with E-state index >= 15 is 0 Å². The van der Waals surface area contributed by atoms with Crippen LogP contribution in [-0.2, 0) is 5.41 Å². The van der Waals surface area contributed by atoms with Crippen molar-refractivity contribution in [2.45, 2.75) is 32.1 Å². The second-order valence-electron chi connectivity index (χ2n) is 5.34. The molecule has 1 aromatic carbocycles. The molecule has 0 N–H and O–H groups in total. The Morgan fingerprint density at radius 2 is 1.88 bits per heavy atom. The zero-order chi connectivity index (χ0) is 12.0. The first kappa shape index (κ1) is 11.8. The van der Waals surface area contributed by atoms with Gasteiger partial charge in [-0.2, -0.15) is 5.26 Å². The third kappa shape index (κ3) is 1.81. The average Bonchev–Trinajstić information content (AvgIpc) is 2.13. The second-order valence-corrected chi connectivity index (χ2v) is 6.18. The van der Waals surface area contributed by atoms with E-state index in [0.29, 0.717) is 10.0 Å². The van der Waals surface area contributed by atoms with Gasteiger partial charge in [0.1, 0.15) is 0 Å². The number of hydrogen-bond acceptors (Lipinski definition) is 1. The molecule has 0 radical (unpaired) electrons. The number of nitriles is 1. The normalized spacial score (nSPS) is 20.9. The Balaban J connectivity index is 2.41. The maximum atomic E-state index is 9.37. The molecule has 1 aromatic rings. The molecule has 1 aliphatic carbocycles. The lowest BCUT2D eigenvalue weighted by atomic mass is 9.52. The van der Waals surface area contributed by atoms with Crippen molar-refractivity contribution in [3.05, 3.63) is 33.8 Å². The van der Waals surface area contributed by atoms with E-state index < -0.39 is 5.41 Å². The van der Waals surface area contributed by atoms with Gasteiger partial charge in [0.25, 0.3) is 0 Å². The zero-order valence-corrected chi connectivity index (χ0v) is 10.9. The Bertz CT molecular complexity index is 463. The number of hydrogen-bond donors (Lipinski definition) is 0. The number of benzene rings is 1. The Hall–Kier alpha value is -0.710. The molecule has 0 heterocycles. The van der Waals surface area contributed by atoms with Gasteiger partial charge in [0.15, 0.2) is 0 Å². The summed E-state index contributed by atoms with van der Waals surface area (Å²) in [5.74, 6) is 0. The molecule has 3 heteroatoms. The molecule has 0 amide bonds. The van der Waals surface area contributed by atoms with Crippen LogP contribution in [0.15, 0.2) is 18.2 Å². The lowest BCUT2D eigenvalue weighted by molar-refractivity contribution is 0.1000. The van der Waals surface area contributed by atoms with Gasteiger partial charge in [0.05, 0.1) is 11.5 Å². The van der Waals surface area contributed by atoms with Gasteiger partial charge < -0.3 is 0 Å². The van der Waals surface area contributed by atoms with Gasteiger partial charge in [-0.05, 0) is 36.0 Å². The quantitative estimate of drug-likeness (QED) is 0.719. The van der Waals surface area contributed by atoms with Gasteiger partial charge in [0, 0.05) is 10.0 Å². The van der Waals surface area contributed by atoms with Crippen LogP contribution in [0.1, 0.15) is 32.3 Å². The summed E-state index contributed by atoms with van der Waals surface area (Å²) in [5.41, 5.74) is 0.740. The van der Waals surface area contributed by atoms with E-state index in [1.807, 2.05) is 6.07 Å². The van der Waals surface area contributed by atoms with Crippen molar-refractivity contribution >= 4 is 23.2 Å². The van der Waals surface area contributed by atoms with Crippen molar-refractivity contribution in [2.24, 2.45) is 5.41 Å². The van der Waals surface area contributed by atoms with E-state index in [2.05, 4.69) is 19.9 Å². The van der Waals surface area contributed by atoms with Gasteiger partial charge in [0.2, 0.25) is 0 Å². The van der Waals surface area contributed by atoms with Crippen molar-refractivity contribution < 1.29 is 0 Å². The predicted octanol–water partition coefficient (Wildman–Crippen LogP) is 4.57. The molecule has 0 aliphatic heterocycles. The van der Waals surface area contributed by atoms with Crippen molar-refractivity contribution in [3.63, 3.8) is 0 Å². The summed E-state index contributed by atoms with van der Waals surface area (Å²) in [7, 11) is 0. The van der Waals surface area contributed by atoms with E-state index in [4.69, 9.17) is 23.2 Å². The largest absolute Gasteiger partial charge is 0.197 e. The molecule has 1 nitrogen and oxygen atoms in total. The fourth-order valence-electron chi connectivity index (χ4n) is 2.79. The fraction of sp³-hybridized carbons (Fsp3) is 0.462. The first-order chi connectivity index (χ1) is 7.38. The molecule has 0 spiro atoms. The van der Waals surface area contributed by atoms with Crippen LogP contribution in [0.4, 0.5) is 0 Å². The topological polar surface area (TPSA) is 23.8 Å². The molecule has 84 valence electrons. The van der Waals surface area contributed by atoms with E-state index in [-0.39, 0.29) is 5.41 Å². The summed E-state index contributed by atoms with van der Waals surface area (Å²) in [5, 5.41) is 10.6. The Labute approximate surface area is 106 Å². The Morgan fingerprint density at radius 3 is 2.31 bits per heavy atom. The second kappa shape index (κ2) is 3.65. The first-order valence-corrected chi connectivity index (χ1v) is 6.01. The fourth-order valence-corrected chi connectivity index (χ4v) is 3.38. The molecule has 0 aromatic heterocycles. The number of halogens is 2. The standard InChI is InChI=1S/C13H13Cl2N/c1-12(2)6-13(7-12,8-16)10-4-3-9(14)5-11(10)15/h3-5H,6-7H2,1-2H3. The van der Waals surface area contributed by atoms with Crippen LogP contribution in [0.25, 0.3) is 0 Å².